The van der Waals surface area contributed by atoms with Gasteiger partial charge in [-0.25, -0.2) is 13.4 Å². The van der Waals surface area contributed by atoms with E-state index in [1.807, 2.05) is 12.1 Å². The molecule has 9 nitrogen and oxygen atoms in total. The number of carbonyl (C=O) groups excluding carboxylic acids is 1. The number of ether oxygens (including phenoxy) is 2. The molecule has 0 spiro atoms. The molecule has 1 saturated heterocycles. The number of hydrogen-bond acceptors (Lipinski definition) is 8. The van der Waals surface area contributed by atoms with E-state index in [1.165, 1.54) is 27.8 Å². The molecule has 0 N–H and O–H groups in total. The molecule has 3 heterocycles. The molecular weight excluding hydrogens is 536 g/mol. The summed E-state index contributed by atoms with van der Waals surface area (Å²) in [4.78, 5) is 24.6. The van der Waals surface area contributed by atoms with Crippen LogP contribution in [0.25, 0.3) is 10.2 Å². The normalized spacial score (nSPS) is 14.8. The molecule has 1 fully saturated rings. The molecule has 2 aromatic heterocycles. The summed E-state index contributed by atoms with van der Waals surface area (Å²) in [5.41, 5.74) is 1.77. The van der Waals surface area contributed by atoms with Crippen LogP contribution in [0.15, 0.2) is 65.8 Å². The zero-order valence-electron chi connectivity index (χ0n) is 22.0. The Morgan fingerprint density at radius 1 is 1.05 bits per heavy atom. The number of benzene rings is 2. The minimum absolute atomic E-state index is 0.182. The Bertz CT molecular complexity index is 1520. The van der Waals surface area contributed by atoms with Gasteiger partial charge < -0.3 is 9.47 Å². The van der Waals surface area contributed by atoms with Crippen LogP contribution in [0.4, 0.5) is 5.13 Å². The number of sulfonamides is 1. The van der Waals surface area contributed by atoms with Gasteiger partial charge in [-0.15, -0.1) is 0 Å². The van der Waals surface area contributed by atoms with E-state index in [0.717, 1.165) is 23.1 Å². The van der Waals surface area contributed by atoms with Crippen molar-refractivity contribution in [3.63, 3.8) is 0 Å². The number of rotatable bonds is 8. The fourth-order valence-electron chi connectivity index (χ4n) is 4.59. The summed E-state index contributed by atoms with van der Waals surface area (Å²) in [5.74, 6) is 1.41. The van der Waals surface area contributed by atoms with Crippen molar-refractivity contribution in [1.29, 1.82) is 0 Å². The highest BCUT2D eigenvalue weighted by molar-refractivity contribution is 7.89. The second-order valence-electron chi connectivity index (χ2n) is 9.51. The predicted molar refractivity (Wildman–Crippen MR) is 151 cm³/mol. The number of nitrogens with zero attached hydrogens (tertiary/aromatic N) is 4. The standard InChI is InChI=1S/C28H30N4O5S2/c1-19-12-15-31(16-13-19)39(34,35)22-8-6-21(7-9-22)27(33)32(18-20-5-4-14-29-17-20)28-30-25-23(36-2)10-11-24(37-3)26(25)38-28/h4-11,14,17,19H,12-13,15-16,18H2,1-3H3. The number of aromatic nitrogens is 2. The number of piperidine rings is 1. The second kappa shape index (κ2) is 11.3. The highest BCUT2D eigenvalue weighted by atomic mass is 32.2. The lowest BCUT2D eigenvalue weighted by Crippen LogP contribution is -2.37. The van der Waals surface area contributed by atoms with Crippen LogP contribution in [-0.4, -0.2) is 55.9 Å². The third-order valence-electron chi connectivity index (χ3n) is 6.92. The summed E-state index contributed by atoms with van der Waals surface area (Å²) < 4.78 is 39.7. The average Bonchev–Trinajstić information content (AvgIpc) is 3.41. The summed E-state index contributed by atoms with van der Waals surface area (Å²) >= 11 is 1.32. The number of pyridine rings is 1. The van der Waals surface area contributed by atoms with Gasteiger partial charge in [-0.3, -0.25) is 14.7 Å². The van der Waals surface area contributed by atoms with Crippen LogP contribution in [-0.2, 0) is 16.6 Å². The van der Waals surface area contributed by atoms with Gasteiger partial charge in [0.15, 0.2) is 5.13 Å². The quantitative estimate of drug-likeness (QED) is 0.297. The van der Waals surface area contributed by atoms with E-state index >= 15 is 0 Å². The molecule has 204 valence electrons. The summed E-state index contributed by atoms with van der Waals surface area (Å²) in [6.07, 6.45) is 5.06. The zero-order valence-corrected chi connectivity index (χ0v) is 23.7. The Morgan fingerprint density at radius 3 is 2.38 bits per heavy atom. The number of amides is 1. The van der Waals surface area contributed by atoms with Crippen molar-refractivity contribution in [2.45, 2.75) is 31.2 Å². The van der Waals surface area contributed by atoms with Crippen molar-refractivity contribution in [2.24, 2.45) is 5.92 Å². The minimum atomic E-state index is -3.62. The van der Waals surface area contributed by atoms with E-state index in [0.29, 0.717) is 46.7 Å². The molecule has 5 rings (SSSR count). The van der Waals surface area contributed by atoms with Crippen LogP contribution >= 0.6 is 11.3 Å². The number of methoxy groups -OCH3 is 2. The van der Waals surface area contributed by atoms with Crippen LogP contribution < -0.4 is 14.4 Å². The lowest BCUT2D eigenvalue weighted by atomic mass is 10.0. The third-order valence-corrected chi connectivity index (χ3v) is 9.93. The zero-order chi connectivity index (χ0) is 27.6. The van der Waals surface area contributed by atoms with E-state index in [4.69, 9.17) is 14.5 Å². The van der Waals surface area contributed by atoms with Gasteiger partial charge in [0.05, 0.1) is 25.7 Å². The molecule has 1 amide bonds. The fourth-order valence-corrected chi connectivity index (χ4v) is 7.13. The number of hydrogen-bond donors (Lipinski definition) is 0. The summed E-state index contributed by atoms with van der Waals surface area (Å²) in [5, 5.41) is 0.459. The van der Waals surface area contributed by atoms with Gasteiger partial charge in [-0.2, -0.15) is 4.31 Å². The summed E-state index contributed by atoms with van der Waals surface area (Å²) in [7, 11) is -0.469. The Hall–Kier alpha value is -3.54. The van der Waals surface area contributed by atoms with Gasteiger partial charge in [0.2, 0.25) is 10.0 Å². The number of thiazole rings is 1. The third kappa shape index (κ3) is 5.47. The highest BCUT2D eigenvalue weighted by Gasteiger charge is 2.29. The number of anilines is 1. The van der Waals surface area contributed by atoms with Crippen molar-refractivity contribution in [3.05, 3.63) is 72.1 Å². The maximum absolute atomic E-state index is 13.9. The van der Waals surface area contributed by atoms with Crippen molar-refractivity contribution in [1.82, 2.24) is 14.3 Å². The van der Waals surface area contributed by atoms with Crippen molar-refractivity contribution in [3.8, 4) is 11.5 Å². The second-order valence-corrected chi connectivity index (χ2v) is 12.4. The van der Waals surface area contributed by atoms with Crippen LogP contribution in [0.1, 0.15) is 35.7 Å². The lowest BCUT2D eigenvalue weighted by molar-refractivity contribution is 0.0985. The van der Waals surface area contributed by atoms with E-state index in [9.17, 15) is 13.2 Å². The maximum Gasteiger partial charge on any atom is 0.260 e. The largest absolute Gasteiger partial charge is 0.495 e. The molecule has 39 heavy (non-hydrogen) atoms. The van der Waals surface area contributed by atoms with Gasteiger partial charge >= 0.3 is 0 Å². The molecule has 1 aliphatic heterocycles. The molecular formula is C28H30N4O5S2. The Kier molecular flexibility index (Phi) is 7.83. The fraction of sp³-hybridized carbons (Fsp3) is 0.321. The van der Waals surface area contributed by atoms with Gasteiger partial charge in [0, 0.05) is 31.0 Å². The van der Waals surface area contributed by atoms with Crippen LogP contribution in [0, 0.1) is 5.92 Å². The molecule has 0 aliphatic carbocycles. The van der Waals surface area contributed by atoms with E-state index in [1.54, 1.807) is 55.8 Å². The van der Waals surface area contributed by atoms with E-state index < -0.39 is 10.0 Å². The van der Waals surface area contributed by atoms with Gasteiger partial charge in [0.25, 0.3) is 5.91 Å². The number of fused-ring (bicyclic) bond motifs is 1. The highest BCUT2D eigenvalue weighted by Crippen LogP contribution is 2.40. The summed E-state index contributed by atoms with van der Waals surface area (Å²) in [6, 6.07) is 13.4. The first-order chi connectivity index (χ1) is 18.8. The molecule has 2 aromatic carbocycles. The van der Waals surface area contributed by atoms with Gasteiger partial charge in [-0.1, -0.05) is 24.3 Å². The molecule has 0 unspecified atom stereocenters. The first kappa shape index (κ1) is 27.0. The Labute approximate surface area is 232 Å². The molecule has 1 aliphatic rings. The Balaban J connectivity index is 1.49. The minimum Gasteiger partial charge on any atom is -0.495 e. The van der Waals surface area contributed by atoms with Crippen molar-refractivity contribution in [2.75, 3.05) is 32.2 Å². The van der Waals surface area contributed by atoms with Crippen LogP contribution in [0.3, 0.4) is 0 Å². The van der Waals surface area contributed by atoms with Crippen LogP contribution in [0.5, 0.6) is 11.5 Å². The van der Waals surface area contributed by atoms with Crippen molar-refractivity contribution < 1.29 is 22.7 Å². The Morgan fingerprint density at radius 2 is 1.74 bits per heavy atom. The first-order valence-electron chi connectivity index (χ1n) is 12.6. The van der Waals surface area contributed by atoms with Gasteiger partial charge in [0.1, 0.15) is 21.7 Å². The lowest BCUT2D eigenvalue weighted by Gasteiger charge is -2.29. The van der Waals surface area contributed by atoms with Gasteiger partial charge in [-0.05, 0) is 66.8 Å². The summed E-state index contributed by atoms with van der Waals surface area (Å²) in [6.45, 7) is 3.38. The van der Waals surface area contributed by atoms with E-state index in [2.05, 4.69) is 11.9 Å². The number of carbonyl (C=O) groups is 1. The first-order valence-corrected chi connectivity index (χ1v) is 14.9. The smallest absolute Gasteiger partial charge is 0.260 e. The topological polar surface area (TPSA) is 102 Å². The van der Waals surface area contributed by atoms with Crippen molar-refractivity contribution >= 4 is 42.6 Å². The van der Waals surface area contributed by atoms with E-state index in [-0.39, 0.29) is 17.3 Å². The molecule has 0 atom stereocenters. The maximum atomic E-state index is 13.9. The molecule has 4 aromatic rings. The molecule has 0 bridgehead atoms. The molecule has 0 radical (unpaired) electrons. The molecule has 0 saturated carbocycles. The SMILES string of the molecule is COc1ccc(OC)c2sc(N(Cc3cccnc3)C(=O)c3ccc(S(=O)(=O)N4CCC(C)CC4)cc3)nc12. The average molecular weight is 567 g/mol. The van der Waals surface area contributed by atoms with Crippen LogP contribution in [0.2, 0.25) is 0 Å². The monoisotopic (exact) mass is 566 g/mol. The predicted octanol–water partition coefficient (Wildman–Crippen LogP) is 4.98. The molecule has 11 heteroatoms.